The van der Waals surface area contributed by atoms with E-state index < -0.39 is 0 Å². The summed E-state index contributed by atoms with van der Waals surface area (Å²) < 4.78 is 11.4. The number of methoxy groups -OCH3 is 1. The summed E-state index contributed by atoms with van der Waals surface area (Å²) >= 11 is 0. The lowest BCUT2D eigenvalue weighted by atomic mass is 10.2. The molecule has 0 aliphatic carbocycles. The molecule has 4 aromatic rings. The maximum absolute atomic E-state index is 12.6. The van der Waals surface area contributed by atoms with E-state index in [0.29, 0.717) is 28.4 Å². The number of hydrogen-bond acceptors (Lipinski definition) is 5. The van der Waals surface area contributed by atoms with E-state index in [4.69, 9.17) is 9.47 Å². The van der Waals surface area contributed by atoms with Crippen molar-refractivity contribution in [2.75, 3.05) is 17.7 Å². The Bertz CT molecular complexity index is 1300. The Balaban J connectivity index is 1.46. The molecular formula is C26H23N3O4. The topological polar surface area (TPSA) is 89.6 Å². The van der Waals surface area contributed by atoms with Gasteiger partial charge in [0.05, 0.1) is 18.3 Å². The molecule has 7 heteroatoms. The van der Waals surface area contributed by atoms with Gasteiger partial charge in [0.2, 0.25) is 5.91 Å². The van der Waals surface area contributed by atoms with E-state index in [2.05, 4.69) is 15.6 Å². The molecule has 0 saturated heterocycles. The van der Waals surface area contributed by atoms with E-state index >= 15 is 0 Å². The Labute approximate surface area is 191 Å². The molecule has 0 bridgehead atoms. The third kappa shape index (κ3) is 5.46. The van der Waals surface area contributed by atoms with E-state index in [0.717, 1.165) is 16.6 Å². The normalized spacial score (nSPS) is 10.5. The van der Waals surface area contributed by atoms with Crippen LogP contribution in [-0.2, 0) is 11.4 Å². The summed E-state index contributed by atoms with van der Waals surface area (Å²) in [5.41, 5.74) is 3.33. The molecule has 1 heterocycles. The largest absolute Gasteiger partial charge is 0.493 e. The lowest BCUT2D eigenvalue weighted by Crippen LogP contribution is -2.12. The van der Waals surface area contributed by atoms with Crippen LogP contribution in [0.2, 0.25) is 0 Å². The first kappa shape index (κ1) is 21.8. The molecule has 7 nitrogen and oxygen atoms in total. The predicted octanol–water partition coefficient (Wildman–Crippen LogP) is 5.03. The zero-order valence-corrected chi connectivity index (χ0v) is 18.3. The fourth-order valence-corrected chi connectivity index (χ4v) is 3.32. The van der Waals surface area contributed by atoms with Gasteiger partial charge in [-0.15, -0.1) is 0 Å². The second-order valence-corrected chi connectivity index (χ2v) is 7.36. The van der Waals surface area contributed by atoms with Crippen LogP contribution in [0, 0.1) is 0 Å². The zero-order valence-electron chi connectivity index (χ0n) is 18.3. The van der Waals surface area contributed by atoms with Gasteiger partial charge >= 0.3 is 0 Å². The predicted molar refractivity (Wildman–Crippen MR) is 128 cm³/mol. The number of anilines is 2. The molecule has 0 aliphatic heterocycles. The van der Waals surface area contributed by atoms with Gasteiger partial charge in [0, 0.05) is 35.3 Å². The van der Waals surface area contributed by atoms with Crippen molar-refractivity contribution in [2.24, 2.45) is 0 Å². The number of nitrogens with one attached hydrogen (secondary N) is 2. The van der Waals surface area contributed by atoms with Gasteiger partial charge in [-0.2, -0.15) is 0 Å². The molecule has 0 atom stereocenters. The van der Waals surface area contributed by atoms with Crippen molar-refractivity contribution in [1.82, 2.24) is 4.98 Å². The lowest BCUT2D eigenvalue weighted by Gasteiger charge is -2.13. The van der Waals surface area contributed by atoms with Gasteiger partial charge in [0.1, 0.15) is 6.61 Å². The summed E-state index contributed by atoms with van der Waals surface area (Å²) in [6.45, 7) is 1.68. The Hall–Kier alpha value is -4.39. The molecule has 33 heavy (non-hydrogen) atoms. The number of fused-ring (bicyclic) bond motifs is 1. The van der Waals surface area contributed by atoms with Crippen LogP contribution in [0.15, 0.2) is 78.9 Å². The van der Waals surface area contributed by atoms with E-state index in [1.165, 1.54) is 6.92 Å². The summed E-state index contributed by atoms with van der Waals surface area (Å²) in [7, 11) is 1.56. The lowest BCUT2D eigenvalue weighted by molar-refractivity contribution is -0.114. The highest BCUT2D eigenvalue weighted by molar-refractivity contribution is 6.04. The van der Waals surface area contributed by atoms with Crippen LogP contribution >= 0.6 is 0 Å². The SMILES string of the molecule is COc1ccc(NC(=O)c2ccc(NC(C)=O)cc2)cc1OCc1ccc2ccccc2n1. The van der Waals surface area contributed by atoms with Crippen molar-refractivity contribution in [3.05, 3.63) is 90.1 Å². The molecule has 2 N–H and O–H groups in total. The number of rotatable bonds is 7. The molecule has 3 aromatic carbocycles. The van der Waals surface area contributed by atoms with Crippen LogP contribution in [-0.4, -0.2) is 23.9 Å². The van der Waals surface area contributed by atoms with Gasteiger partial charge in [-0.25, -0.2) is 4.98 Å². The van der Waals surface area contributed by atoms with Crippen LogP contribution < -0.4 is 20.1 Å². The Morgan fingerprint density at radius 3 is 2.36 bits per heavy atom. The minimum absolute atomic E-state index is 0.170. The summed E-state index contributed by atoms with van der Waals surface area (Å²) in [4.78, 5) is 28.4. The fraction of sp³-hybridized carbons (Fsp3) is 0.115. The summed E-state index contributed by atoms with van der Waals surface area (Å²) in [6, 6.07) is 23.6. The minimum Gasteiger partial charge on any atom is -0.493 e. The highest BCUT2D eigenvalue weighted by Crippen LogP contribution is 2.31. The van der Waals surface area contributed by atoms with E-state index in [1.54, 1.807) is 49.6 Å². The van der Waals surface area contributed by atoms with Crippen molar-refractivity contribution in [3.63, 3.8) is 0 Å². The Morgan fingerprint density at radius 1 is 0.848 bits per heavy atom. The smallest absolute Gasteiger partial charge is 0.255 e. The van der Waals surface area contributed by atoms with Crippen LogP contribution in [0.4, 0.5) is 11.4 Å². The molecule has 0 fully saturated rings. The third-order valence-corrected chi connectivity index (χ3v) is 4.92. The van der Waals surface area contributed by atoms with Crippen LogP contribution in [0.3, 0.4) is 0 Å². The van der Waals surface area contributed by atoms with Gasteiger partial charge in [0.25, 0.3) is 5.91 Å². The molecule has 0 unspecified atom stereocenters. The molecule has 1 aromatic heterocycles. The highest BCUT2D eigenvalue weighted by atomic mass is 16.5. The molecule has 4 rings (SSSR count). The highest BCUT2D eigenvalue weighted by Gasteiger charge is 2.11. The number of benzene rings is 3. The minimum atomic E-state index is -0.281. The van der Waals surface area contributed by atoms with E-state index in [-0.39, 0.29) is 18.4 Å². The number of pyridine rings is 1. The summed E-state index contributed by atoms with van der Waals surface area (Å²) in [5, 5.41) is 6.59. The van der Waals surface area contributed by atoms with Gasteiger partial charge in [-0.1, -0.05) is 24.3 Å². The average Bonchev–Trinajstić information content (AvgIpc) is 2.82. The summed E-state index contributed by atoms with van der Waals surface area (Å²) in [6.07, 6.45) is 0. The molecule has 0 saturated carbocycles. The number of carbonyl (C=O) groups excluding carboxylic acids is 2. The maximum Gasteiger partial charge on any atom is 0.255 e. The number of ether oxygens (including phenoxy) is 2. The van der Waals surface area contributed by atoms with Crippen LogP contribution in [0.25, 0.3) is 10.9 Å². The molecule has 166 valence electrons. The van der Waals surface area contributed by atoms with E-state index in [1.807, 2.05) is 36.4 Å². The quantitative estimate of drug-likeness (QED) is 0.420. The van der Waals surface area contributed by atoms with Crippen molar-refractivity contribution in [1.29, 1.82) is 0 Å². The molecular weight excluding hydrogens is 418 g/mol. The first-order valence-electron chi connectivity index (χ1n) is 10.4. The fourth-order valence-electron chi connectivity index (χ4n) is 3.32. The van der Waals surface area contributed by atoms with Crippen molar-refractivity contribution >= 4 is 34.1 Å². The molecule has 0 radical (unpaired) electrons. The number of aromatic nitrogens is 1. The van der Waals surface area contributed by atoms with Gasteiger partial charge in [-0.3, -0.25) is 9.59 Å². The second kappa shape index (κ2) is 9.82. The maximum atomic E-state index is 12.6. The Morgan fingerprint density at radius 2 is 1.61 bits per heavy atom. The number of carbonyl (C=O) groups is 2. The number of hydrogen-bond donors (Lipinski definition) is 2. The molecule has 0 aliphatic rings. The Kier molecular flexibility index (Phi) is 6.50. The standard InChI is InChI=1S/C26H23N3O4/c1-17(30)27-20-10-8-19(9-11-20)26(31)29-21-13-14-24(32-2)25(15-21)33-16-22-12-7-18-5-3-4-6-23(18)28-22/h3-15H,16H2,1-2H3,(H,27,30)(H,29,31). The average molecular weight is 441 g/mol. The molecule has 0 spiro atoms. The second-order valence-electron chi connectivity index (χ2n) is 7.36. The van der Waals surface area contributed by atoms with Gasteiger partial charge < -0.3 is 20.1 Å². The van der Waals surface area contributed by atoms with Crippen molar-refractivity contribution < 1.29 is 19.1 Å². The van der Waals surface area contributed by atoms with Gasteiger partial charge in [-0.05, 0) is 48.5 Å². The number of amides is 2. The van der Waals surface area contributed by atoms with Crippen molar-refractivity contribution in [2.45, 2.75) is 13.5 Å². The van der Waals surface area contributed by atoms with Crippen LogP contribution in [0.5, 0.6) is 11.5 Å². The first-order valence-corrected chi connectivity index (χ1v) is 10.4. The summed E-state index contributed by atoms with van der Waals surface area (Å²) in [5.74, 6) is 0.591. The third-order valence-electron chi connectivity index (χ3n) is 4.92. The van der Waals surface area contributed by atoms with E-state index in [9.17, 15) is 9.59 Å². The molecule has 2 amide bonds. The zero-order chi connectivity index (χ0) is 23.2. The number of para-hydroxylation sites is 1. The van der Waals surface area contributed by atoms with Crippen molar-refractivity contribution in [3.8, 4) is 11.5 Å². The van der Waals surface area contributed by atoms with Gasteiger partial charge in [0.15, 0.2) is 11.5 Å². The van der Waals surface area contributed by atoms with Crippen LogP contribution in [0.1, 0.15) is 23.0 Å². The first-order chi connectivity index (χ1) is 16.0. The monoisotopic (exact) mass is 441 g/mol. The number of nitrogens with zero attached hydrogens (tertiary/aromatic N) is 1.